The highest BCUT2D eigenvalue weighted by Crippen LogP contribution is 2.32. The molecule has 0 spiro atoms. The van der Waals surface area contributed by atoms with Crippen LogP contribution in [0.15, 0.2) is 0 Å². The average Bonchev–Trinajstić information content (AvgIpc) is 3.31. The molecule has 0 aromatic heterocycles. The summed E-state index contributed by atoms with van der Waals surface area (Å²) in [7, 11) is 0. The molecule has 0 amide bonds. The molecule has 3 heteroatoms. The molecule has 0 bridgehead atoms. The van der Waals surface area contributed by atoms with Crippen molar-refractivity contribution in [2.75, 3.05) is 19.6 Å². The van der Waals surface area contributed by atoms with Gasteiger partial charge in [0.05, 0.1) is 6.10 Å². The van der Waals surface area contributed by atoms with Crippen molar-refractivity contribution in [1.82, 2.24) is 10.2 Å². The van der Waals surface area contributed by atoms with Crippen LogP contribution in [0.25, 0.3) is 0 Å². The van der Waals surface area contributed by atoms with Gasteiger partial charge in [-0.3, -0.25) is 0 Å². The van der Waals surface area contributed by atoms with Gasteiger partial charge in [0.2, 0.25) is 0 Å². The zero-order chi connectivity index (χ0) is 14.7. The van der Waals surface area contributed by atoms with Gasteiger partial charge in [0.1, 0.15) is 0 Å². The summed E-state index contributed by atoms with van der Waals surface area (Å²) in [5.41, 5.74) is 0. The van der Waals surface area contributed by atoms with Gasteiger partial charge in [0, 0.05) is 31.7 Å². The lowest BCUT2D eigenvalue weighted by Crippen LogP contribution is -2.54. The number of nitrogens with zero attached hydrogens (tertiary/aromatic N) is 1. The molecule has 0 aromatic carbocycles. The fourth-order valence-corrected chi connectivity index (χ4v) is 4.38. The zero-order valence-electron chi connectivity index (χ0n) is 13.8. The number of aliphatic hydroxyl groups excluding tert-OH is 1. The number of hydrogen-bond donors (Lipinski definition) is 2. The summed E-state index contributed by atoms with van der Waals surface area (Å²) in [5.74, 6) is 1.43. The van der Waals surface area contributed by atoms with Gasteiger partial charge in [0.25, 0.3) is 0 Å². The molecule has 3 unspecified atom stereocenters. The summed E-state index contributed by atoms with van der Waals surface area (Å²) in [6.07, 6.45) is 11.8. The maximum Gasteiger partial charge on any atom is 0.0578 e. The highest BCUT2D eigenvalue weighted by atomic mass is 16.3. The van der Waals surface area contributed by atoms with Crippen molar-refractivity contribution in [1.29, 1.82) is 0 Å². The van der Waals surface area contributed by atoms with Gasteiger partial charge in [-0.25, -0.2) is 0 Å². The van der Waals surface area contributed by atoms with E-state index in [9.17, 15) is 5.11 Å². The van der Waals surface area contributed by atoms with Gasteiger partial charge >= 0.3 is 0 Å². The Kier molecular flexibility index (Phi) is 5.58. The summed E-state index contributed by atoms with van der Waals surface area (Å²) in [5, 5.41) is 14.3. The van der Waals surface area contributed by atoms with Crippen LogP contribution in [-0.4, -0.2) is 47.8 Å². The summed E-state index contributed by atoms with van der Waals surface area (Å²) in [6.45, 7) is 5.72. The first kappa shape index (κ1) is 15.8. The van der Waals surface area contributed by atoms with Crippen LogP contribution in [-0.2, 0) is 0 Å². The molecule has 3 atom stereocenters. The molecular weight excluding hydrogens is 260 g/mol. The molecule has 0 aromatic rings. The third-order valence-corrected chi connectivity index (χ3v) is 5.81. The molecule has 3 fully saturated rings. The second kappa shape index (κ2) is 7.43. The van der Waals surface area contributed by atoms with E-state index in [-0.39, 0.29) is 6.10 Å². The van der Waals surface area contributed by atoms with E-state index in [1.807, 2.05) is 0 Å². The Bertz CT molecular complexity index is 310. The number of hydrogen-bond acceptors (Lipinski definition) is 3. The molecule has 3 aliphatic rings. The lowest BCUT2D eigenvalue weighted by atomic mass is 9.87. The van der Waals surface area contributed by atoms with Gasteiger partial charge in [-0.1, -0.05) is 26.2 Å². The molecule has 21 heavy (non-hydrogen) atoms. The fraction of sp³-hybridized carbons (Fsp3) is 1.00. The smallest absolute Gasteiger partial charge is 0.0578 e. The number of likely N-dealkylation sites (tertiary alicyclic amines) is 1. The van der Waals surface area contributed by atoms with Crippen molar-refractivity contribution < 1.29 is 5.11 Å². The number of aliphatic hydroxyl groups is 1. The molecule has 3 rings (SSSR count). The van der Waals surface area contributed by atoms with E-state index in [2.05, 4.69) is 17.1 Å². The summed E-state index contributed by atoms with van der Waals surface area (Å²) in [4.78, 5) is 2.64. The van der Waals surface area contributed by atoms with E-state index in [0.29, 0.717) is 12.0 Å². The van der Waals surface area contributed by atoms with Crippen LogP contribution < -0.4 is 5.32 Å². The lowest BCUT2D eigenvalue weighted by Gasteiger charge is -2.41. The van der Waals surface area contributed by atoms with E-state index >= 15 is 0 Å². The minimum atomic E-state index is -0.109. The Morgan fingerprint density at radius 2 is 1.81 bits per heavy atom. The largest absolute Gasteiger partial charge is 0.393 e. The van der Waals surface area contributed by atoms with Crippen LogP contribution in [0.3, 0.4) is 0 Å². The van der Waals surface area contributed by atoms with Crippen LogP contribution in [0.2, 0.25) is 0 Å². The quantitative estimate of drug-likeness (QED) is 0.791. The van der Waals surface area contributed by atoms with E-state index < -0.39 is 0 Å². The Balaban J connectivity index is 1.54. The van der Waals surface area contributed by atoms with Crippen molar-refractivity contribution in [3.63, 3.8) is 0 Å². The Hall–Kier alpha value is -0.120. The monoisotopic (exact) mass is 294 g/mol. The van der Waals surface area contributed by atoms with E-state index in [1.54, 1.807) is 0 Å². The topological polar surface area (TPSA) is 35.5 Å². The van der Waals surface area contributed by atoms with Crippen LogP contribution in [0.5, 0.6) is 0 Å². The molecule has 2 N–H and O–H groups in total. The first-order valence-corrected chi connectivity index (χ1v) is 9.41. The standard InChI is InChI=1S/C18H34N2O/c1-2-18(21)15-10-17(19-16-6-4-3-5-7-16)13-20(12-15)11-14-8-9-14/h14-19,21H,2-13H2,1H3. The van der Waals surface area contributed by atoms with Crippen molar-refractivity contribution in [2.24, 2.45) is 11.8 Å². The summed E-state index contributed by atoms with van der Waals surface area (Å²) >= 11 is 0. The van der Waals surface area contributed by atoms with Crippen molar-refractivity contribution >= 4 is 0 Å². The maximum atomic E-state index is 10.3. The zero-order valence-corrected chi connectivity index (χ0v) is 13.8. The molecular formula is C18H34N2O. The van der Waals surface area contributed by atoms with Gasteiger partial charge in [-0.2, -0.15) is 0 Å². The predicted molar refractivity (Wildman–Crippen MR) is 87.4 cm³/mol. The fourth-order valence-electron chi connectivity index (χ4n) is 4.38. The first-order chi connectivity index (χ1) is 10.2. The minimum Gasteiger partial charge on any atom is -0.393 e. The predicted octanol–water partition coefficient (Wildman–Crippen LogP) is 2.78. The SMILES string of the molecule is CCC(O)C1CC(NC2CCCCC2)CN(CC2CC2)C1. The third-order valence-electron chi connectivity index (χ3n) is 5.81. The number of rotatable bonds is 6. The highest BCUT2D eigenvalue weighted by Gasteiger charge is 2.34. The normalized spacial score (nSPS) is 34.0. The molecule has 1 saturated heterocycles. The first-order valence-electron chi connectivity index (χ1n) is 9.41. The molecule has 1 heterocycles. The molecule has 2 aliphatic carbocycles. The minimum absolute atomic E-state index is 0.109. The summed E-state index contributed by atoms with van der Waals surface area (Å²) in [6, 6.07) is 1.34. The Morgan fingerprint density at radius 1 is 1.05 bits per heavy atom. The molecule has 0 radical (unpaired) electrons. The second-order valence-corrected chi connectivity index (χ2v) is 7.83. The van der Waals surface area contributed by atoms with E-state index in [0.717, 1.165) is 24.9 Å². The highest BCUT2D eigenvalue weighted by molar-refractivity contribution is 4.90. The number of piperidine rings is 1. The third kappa shape index (κ3) is 4.67. The van der Waals surface area contributed by atoms with Gasteiger partial charge in [-0.05, 0) is 50.4 Å². The molecule has 2 saturated carbocycles. The van der Waals surface area contributed by atoms with Crippen molar-refractivity contribution in [2.45, 2.75) is 82.9 Å². The Labute approximate surface area is 130 Å². The van der Waals surface area contributed by atoms with E-state index in [4.69, 9.17) is 0 Å². The lowest BCUT2D eigenvalue weighted by molar-refractivity contribution is 0.0311. The Morgan fingerprint density at radius 3 is 2.48 bits per heavy atom. The van der Waals surface area contributed by atoms with Crippen molar-refractivity contribution in [3.05, 3.63) is 0 Å². The molecule has 3 nitrogen and oxygen atoms in total. The van der Waals surface area contributed by atoms with Crippen LogP contribution in [0.4, 0.5) is 0 Å². The summed E-state index contributed by atoms with van der Waals surface area (Å²) < 4.78 is 0. The van der Waals surface area contributed by atoms with Gasteiger partial charge in [0.15, 0.2) is 0 Å². The van der Waals surface area contributed by atoms with Gasteiger partial charge in [-0.15, -0.1) is 0 Å². The average molecular weight is 294 g/mol. The van der Waals surface area contributed by atoms with Gasteiger partial charge < -0.3 is 15.3 Å². The molecule has 122 valence electrons. The van der Waals surface area contributed by atoms with Crippen LogP contribution >= 0.6 is 0 Å². The van der Waals surface area contributed by atoms with Crippen molar-refractivity contribution in [3.8, 4) is 0 Å². The molecule has 1 aliphatic heterocycles. The van der Waals surface area contributed by atoms with Crippen LogP contribution in [0, 0.1) is 11.8 Å². The second-order valence-electron chi connectivity index (χ2n) is 7.83. The van der Waals surface area contributed by atoms with Crippen LogP contribution in [0.1, 0.15) is 64.7 Å². The maximum absolute atomic E-state index is 10.3. The van der Waals surface area contributed by atoms with E-state index in [1.165, 1.54) is 64.5 Å². The number of nitrogens with one attached hydrogen (secondary N) is 1.